The molecule has 2 aliphatic rings. The molecule has 3 atom stereocenters. The summed E-state index contributed by atoms with van der Waals surface area (Å²) < 4.78 is 0. The van der Waals surface area contributed by atoms with Crippen LogP contribution < -0.4 is 10.6 Å². The molecule has 0 aromatic heterocycles. The van der Waals surface area contributed by atoms with Crippen molar-refractivity contribution in [3.05, 3.63) is 76.3 Å². The molecule has 3 nitrogen and oxygen atoms in total. The zero-order valence-corrected chi connectivity index (χ0v) is 14.2. The van der Waals surface area contributed by atoms with Crippen molar-refractivity contribution in [1.82, 2.24) is 5.32 Å². The number of hydrogen-bond acceptors (Lipinski definition) is 2. The SMILES string of the molecule is CNC(=O)c1ccc2c(c1)[C@@H]1C=CC[C@H]1[C@H](c1ccc(Cl)cc1)N2. The maximum absolute atomic E-state index is 11.9. The van der Waals surface area contributed by atoms with Crippen LogP contribution in [0.2, 0.25) is 5.02 Å². The fourth-order valence-corrected chi connectivity index (χ4v) is 4.01. The van der Waals surface area contributed by atoms with Gasteiger partial charge in [-0.3, -0.25) is 4.79 Å². The lowest BCUT2D eigenvalue weighted by Crippen LogP contribution is -2.29. The van der Waals surface area contributed by atoms with Crippen LogP contribution in [0.3, 0.4) is 0 Å². The highest BCUT2D eigenvalue weighted by Gasteiger charge is 2.38. The second-order valence-electron chi connectivity index (χ2n) is 6.41. The van der Waals surface area contributed by atoms with Gasteiger partial charge in [0.1, 0.15) is 0 Å². The third-order valence-corrected chi connectivity index (χ3v) is 5.33. The third-order valence-electron chi connectivity index (χ3n) is 5.08. The summed E-state index contributed by atoms with van der Waals surface area (Å²) in [4.78, 5) is 11.9. The summed E-state index contributed by atoms with van der Waals surface area (Å²) >= 11 is 6.03. The highest BCUT2D eigenvalue weighted by Crippen LogP contribution is 2.49. The van der Waals surface area contributed by atoms with Gasteiger partial charge in [-0.05, 0) is 53.8 Å². The topological polar surface area (TPSA) is 41.1 Å². The number of allylic oxidation sites excluding steroid dienone is 2. The summed E-state index contributed by atoms with van der Waals surface area (Å²) in [6.07, 6.45) is 5.57. The number of carbonyl (C=O) groups excluding carboxylic acids is 1. The first kappa shape index (κ1) is 15.3. The lowest BCUT2D eigenvalue weighted by Gasteiger charge is -2.37. The van der Waals surface area contributed by atoms with Crippen molar-refractivity contribution in [2.75, 3.05) is 12.4 Å². The van der Waals surface area contributed by atoms with Crippen LogP contribution in [0.1, 0.15) is 39.9 Å². The minimum atomic E-state index is -0.0452. The van der Waals surface area contributed by atoms with Crippen molar-refractivity contribution in [2.24, 2.45) is 5.92 Å². The minimum absolute atomic E-state index is 0.0452. The van der Waals surface area contributed by atoms with Gasteiger partial charge in [-0.15, -0.1) is 0 Å². The van der Waals surface area contributed by atoms with E-state index in [9.17, 15) is 4.79 Å². The Hall–Kier alpha value is -2.26. The molecule has 0 spiro atoms. The zero-order chi connectivity index (χ0) is 16.7. The van der Waals surface area contributed by atoms with Crippen molar-refractivity contribution in [3.63, 3.8) is 0 Å². The van der Waals surface area contributed by atoms with Crippen LogP contribution >= 0.6 is 11.6 Å². The number of hydrogen-bond donors (Lipinski definition) is 2. The van der Waals surface area contributed by atoms with Crippen molar-refractivity contribution < 1.29 is 4.79 Å². The summed E-state index contributed by atoms with van der Waals surface area (Å²) in [6.45, 7) is 0. The first-order valence-corrected chi connectivity index (χ1v) is 8.60. The van der Waals surface area contributed by atoms with Crippen molar-refractivity contribution in [2.45, 2.75) is 18.4 Å². The lowest BCUT2D eigenvalue weighted by molar-refractivity contribution is 0.0963. The van der Waals surface area contributed by atoms with Crippen LogP contribution in [-0.4, -0.2) is 13.0 Å². The van der Waals surface area contributed by atoms with Crippen LogP contribution in [-0.2, 0) is 0 Å². The van der Waals surface area contributed by atoms with E-state index in [0.717, 1.165) is 17.1 Å². The average Bonchev–Trinajstić information content (AvgIpc) is 3.11. The molecular formula is C20H19ClN2O. The number of amides is 1. The van der Waals surface area contributed by atoms with Crippen LogP contribution in [0, 0.1) is 5.92 Å². The van der Waals surface area contributed by atoms with Crippen LogP contribution in [0.25, 0.3) is 0 Å². The van der Waals surface area contributed by atoms with E-state index in [1.165, 1.54) is 11.1 Å². The summed E-state index contributed by atoms with van der Waals surface area (Å²) in [5, 5.41) is 7.13. The fraction of sp³-hybridized carbons (Fsp3) is 0.250. The molecular weight excluding hydrogens is 320 g/mol. The third kappa shape index (κ3) is 2.49. The molecule has 0 radical (unpaired) electrons. The highest BCUT2D eigenvalue weighted by molar-refractivity contribution is 6.30. The molecule has 1 amide bonds. The number of benzene rings is 2. The van der Waals surface area contributed by atoms with Gasteiger partial charge in [-0.25, -0.2) is 0 Å². The minimum Gasteiger partial charge on any atom is -0.378 e. The molecule has 24 heavy (non-hydrogen) atoms. The van der Waals surface area contributed by atoms with Gasteiger partial charge < -0.3 is 10.6 Å². The molecule has 2 N–H and O–H groups in total. The number of rotatable bonds is 2. The number of fused-ring (bicyclic) bond motifs is 3. The maximum Gasteiger partial charge on any atom is 0.251 e. The molecule has 1 aliphatic heterocycles. The Morgan fingerprint density at radius 2 is 2.00 bits per heavy atom. The quantitative estimate of drug-likeness (QED) is 0.790. The molecule has 0 saturated carbocycles. The number of halogens is 1. The first-order valence-electron chi connectivity index (χ1n) is 8.22. The van der Waals surface area contributed by atoms with Crippen molar-refractivity contribution >= 4 is 23.2 Å². The predicted molar refractivity (Wildman–Crippen MR) is 97.6 cm³/mol. The van der Waals surface area contributed by atoms with E-state index < -0.39 is 0 Å². The van der Waals surface area contributed by atoms with Gasteiger partial charge in [-0.1, -0.05) is 35.9 Å². The standard InChI is InChI=1S/C20H19ClN2O/c1-22-20(24)13-7-10-18-17(11-13)15-3-2-4-16(15)19(23-18)12-5-8-14(21)9-6-12/h2-3,5-11,15-16,19,23H,4H2,1H3,(H,22,24)/t15-,16-,19+/m1/s1. The summed E-state index contributed by atoms with van der Waals surface area (Å²) in [5.74, 6) is 0.751. The van der Waals surface area contributed by atoms with E-state index in [0.29, 0.717) is 17.4 Å². The number of anilines is 1. The van der Waals surface area contributed by atoms with Gasteiger partial charge in [0.2, 0.25) is 0 Å². The fourth-order valence-electron chi connectivity index (χ4n) is 3.88. The van der Waals surface area contributed by atoms with E-state index in [1.807, 2.05) is 30.3 Å². The predicted octanol–water partition coefficient (Wildman–Crippen LogP) is 4.53. The normalized spacial score (nSPS) is 24.0. The van der Waals surface area contributed by atoms with Gasteiger partial charge >= 0.3 is 0 Å². The monoisotopic (exact) mass is 338 g/mol. The largest absolute Gasteiger partial charge is 0.378 e. The van der Waals surface area contributed by atoms with E-state index in [4.69, 9.17) is 11.6 Å². The number of nitrogens with one attached hydrogen (secondary N) is 2. The lowest BCUT2D eigenvalue weighted by atomic mass is 9.76. The van der Waals surface area contributed by atoms with Crippen LogP contribution in [0.15, 0.2) is 54.6 Å². The van der Waals surface area contributed by atoms with Gasteiger partial charge in [0.05, 0.1) is 6.04 Å². The number of carbonyl (C=O) groups is 1. The molecule has 2 aromatic carbocycles. The van der Waals surface area contributed by atoms with Crippen LogP contribution in [0.5, 0.6) is 0 Å². The molecule has 1 aliphatic carbocycles. The van der Waals surface area contributed by atoms with Gasteiger partial charge in [0, 0.05) is 29.2 Å². The average molecular weight is 339 g/mol. The maximum atomic E-state index is 11.9. The molecule has 0 bridgehead atoms. The first-order chi connectivity index (χ1) is 11.7. The Morgan fingerprint density at radius 1 is 1.21 bits per heavy atom. The van der Waals surface area contributed by atoms with Crippen LogP contribution in [0.4, 0.5) is 5.69 Å². The Bertz CT molecular complexity index is 813. The van der Waals surface area contributed by atoms with Crippen molar-refractivity contribution in [1.29, 1.82) is 0 Å². The van der Waals surface area contributed by atoms with E-state index in [2.05, 4.69) is 34.9 Å². The molecule has 0 fully saturated rings. The summed E-state index contributed by atoms with van der Waals surface area (Å²) in [5.41, 5.74) is 4.27. The molecule has 2 aromatic rings. The van der Waals surface area contributed by atoms with E-state index in [1.54, 1.807) is 7.05 Å². The molecule has 1 heterocycles. The smallest absolute Gasteiger partial charge is 0.251 e. The summed E-state index contributed by atoms with van der Waals surface area (Å²) in [6, 6.07) is 14.2. The molecule has 0 unspecified atom stereocenters. The second-order valence-corrected chi connectivity index (χ2v) is 6.84. The second kappa shape index (κ2) is 5.99. The van der Waals surface area contributed by atoms with Gasteiger partial charge in [-0.2, -0.15) is 0 Å². The summed E-state index contributed by atoms with van der Waals surface area (Å²) in [7, 11) is 1.66. The Labute approximate surface area is 146 Å². The Kier molecular flexibility index (Phi) is 3.81. The Morgan fingerprint density at radius 3 is 2.75 bits per heavy atom. The molecule has 122 valence electrons. The van der Waals surface area contributed by atoms with E-state index in [-0.39, 0.29) is 11.9 Å². The molecule has 4 rings (SSSR count). The molecule has 4 heteroatoms. The van der Waals surface area contributed by atoms with Gasteiger partial charge in [0.15, 0.2) is 0 Å². The molecule has 0 saturated heterocycles. The zero-order valence-electron chi connectivity index (χ0n) is 13.4. The van der Waals surface area contributed by atoms with Crippen molar-refractivity contribution in [3.8, 4) is 0 Å². The highest BCUT2D eigenvalue weighted by atomic mass is 35.5. The van der Waals surface area contributed by atoms with Gasteiger partial charge in [0.25, 0.3) is 5.91 Å². The Balaban J connectivity index is 1.74. The van der Waals surface area contributed by atoms with E-state index >= 15 is 0 Å².